The second-order valence-corrected chi connectivity index (χ2v) is 8.62. The quantitative estimate of drug-likeness (QED) is 0.384. The third kappa shape index (κ3) is 7.23. The van der Waals surface area contributed by atoms with Crippen molar-refractivity contribution >= 4 is 17.0 Å². The lowest BCUT2D eigenvalue weighted by Crippen LogP contribution is -2.27. The predicted molar refractivity (Wildman–Crippen MR) is 126 cm³/mol. The van der Waals surface area contributed by atoms with E-state index in [1.54, 1.807) is 14.2 Å². The molecule has 1 heterocycles. The predicted octanol–water partition coefficient (Wildman–Crippen LogP) is 5.85. The molecule has 0 saturated carbocycles. The van der Waals surface area contributed by atoms with E-state index in [0.717, 1.165) is 36.7 Å². The molecular weight excluding hydrogens is 380 g/mol. The third-order valence-electron chi connectivity index (χ3n) is 5.22. The molecular formula is C24H38N2O2S. The van der Waals surface area contributed by atoms with E-state index in [1.807, 2.05) is 17.4 Å². The zero-order chi connectivity index (χ0) is 21.1. The van der Waals surface area contributed by atoms with Gasteiger partial charge in [0.15, 0.2) is 11.5 Å². The Morgan fingerprint density at radius 2 is 1.59 bits per heavy atom. The molecule has 0 N–H and O–H groups in total. The zero-order valence-electron chi connectivity index (χ0n) is 18.9. The first kappa shape index (κ1) is 23.6. The maximum Gasteiger partial charge on any atom is 0.162 e. The van der Waals surface area contributed by atoms with Crippen LogP contribution in [0.25, 0.3) is 0 Å². The summed E-state index contributed by atoms with van der Waals surface area (Å²) >= 11 is 1.95. The van der Waals surface area contributed by atoms with Crippen LogP contribution in [0.1, 0.15) is 49.8 Å². The van der Waals surface area contributed by atoms with Crippen LogP contribution in [0.3, 0.4) is 0 Å². The standard InChI is InChI=1S/C24H38N2O2S/c1-6-9-16-25(15-7-2)17-14-21-11-12-22(29-21)19-26(8-3)20-10-13-23(27-4)24(18-20)28-5/h10-13,18H,6-9,14-17,19H2,1-5H3. The van der Waals surface area contributed by atoms with E-state index in [4.69, 9.17) is 9.47 Å². The topological polar surface area (TPSA) is 24.9 Å². The smallest absolute Gasteiger partial charge is 0.162 e. The molecule has 0 aliphatic rings. The first-order valence-electron chi connectivity index (χ1n) is 10.9. The van der Waals surface area contributed by atoms with Gasteiger partial charge in [0.1, 0.15) is 0 Å². The highest BCUT2D eigenvalue weighted by molar-refractivity contribution is 7.12. The van der Waals surface area contributed by atoms with Crippen LogP contribution in [0.2, 0.25) is 0 Å². The Bertz CT molecular complexity index is 717. The van der Waals surface area contributed by atoms with Crippen LogP contribution in [-0.4, -0.2) is 45.3 Å². The second-order valence-electron chi connectivity index (χ2n) is 7.37. The molecule has 0 amide bonds. The molecule has 0 aliphatic heterocycles. The Kier molecular flexibility index (Phi) is 10.4. The first-order chi connectivity index (χ1) is 14.1. The van der Waals surface area contributed by atoms with Crippen molar-refractivity contribution < 1.29 is 9.47 Å². The minimum absolute atomic E-state index is 0.769. The fourth-order valence-corrected chi connectivity index (χ4v) is 4.56. The highest BCUT2D eigenvalue weighted by Crippen LogP contribution is 2.32. The van der Waals surface area contributed by atoms with Gasteiger partial charge in [-0.15, -0.1) is 11.3 Å². The average Bonchev–Trinajstić information content (AvgIpc) is 3.20. The van der Waals surface area contributed by atoms with Gasteiger partial charge in [0, 0.05) is 34.6 Å². The van der Waals surface area contributed by atoms with Crippen LogP contribution in [0.5, 0.6) is 11.5 Å². The Morgan fingerprint density at radius 1 is 0.828 bits per heavy atom. The summed E-state index contributed by atoms with van der Waals surface area (Å²) in [7, 11) is 3.36. The number of methoxy groups -OCH3 is 2. The number of hydrogen-bond acceptors (Lipinski definition) is 5. The molecule has 0 spiro atoms. The Balaban J connectivity index is 1.98. The average molecular weight is 419 g/mol. The number of unbranched alkanes of at least 4 members (excludes halogenated alkanes) is 1. The molecule has 162 valence electrons. The van der Waals surface area contributed by atoms with Crippen molar-refractivity contribution in [3.8, 4) is 11.5 Å². The van der Waals surface area contributed by atoms with Gasteiger partial charge in [0.2, 0.25) is 0 Å². The van der Waals surface area contributed by atoms with Gasteiger partial charge in [0.25, 0.3) is 0 Å². The van der Waals surface area contributed by atoms with Gasteiger partial charge < -0.3 is 19.3 Å². The molecule has 4 nitrogen and oxygen atoms in total. The molecule has 1 aromatic carbocycles. The summed E-state index contributed by atoms with van der Waals surface area (Å²) in [4.78, 5) is 7.89. The second kappa shape index (κ2) is 12.8. The van der Waals surface area contributed by atoms with Crippen LogP contribution < -0.4 is 14.4 Å². The van der Waals surface area contributed by atoms with E-state index in [0.29, 0.717) is 0 Å². The summed E-state index contributed by atoms with van der Waals surface area (Å²) in [5, 5.41) is 0. The Labute approximate surface area is 181 Å². The third-order valence-corrected chi connectivity index (χ3v) is 6.35. The molecule has 1 aromatic heterocycles. The van der Waals surface area contributed by atoms with Gasteiger partial charge in [-0.3, -0.25) is 0 Å². The van der Waals surface area contributed by atoms with Gasteiger partial charge in [0.05, 0.1) is 20.8 Å². The van der Waals surface area contributed by atoms with E-state index >= 15 is 0 Å². The van der Waals surface area contributed by atoms with Gasteiger partial charge in [-0.1, -0.05) is 20.3 Å². The molecule has 29 heavy (non-hydrogen) atoms. The molecule has 0 saturated heterocycles. The van der Waals surface area contributed by atoms with Crippen molar-refractivity contribution in [3.63, 3.8) is 0 Å². The SMILES string of the molecule is CCCCN(CCC)CCc1ccc(CN(CC)c2ccc(OC)c(OC)c2)s1. The summed E-state index contributed by atoms with van der Waals surface area (Å²) in [6.45, 7) is 12.2. The molecule has 0 unspecified atom stereocenters. The van der Waals surface area contributed by atoms with E-state index in [1.165, 1.54) is 48.7 Å². The Hall–Kier alpha value is -1.72. The molecule has 0 atom stereocenters. The largest absolute Gasteiger partial charge is 0.493 e. The van der Waals surface area contributed by atoms with E-state index in [2.05, 4.69) is 54.8 Å². The maximum absolute atomic E-state index is 5.47. The summed E-state index contributed by atoms with van der Waals surface area (Å²) in [6.07, 6.45) is 4.95. The van der Waals surface area contributed by atoms with Crippen molar-refractivity contribution in [3.05, 3.63) is 40.1 Å². The van der Waals surface area contributed by atoms with E-state index in [9.17, 15) is 0 Å². The highest BCUT2D eigenvalue weighted by atomic mass is 32.1. The number of anilines is 1. The van der Waals surface area contributed by atoms with Gasteiger partial charge in [-0.05, 0) is 63.5 Å². The highest BCUT2D eigenvalue weighted by Gasteiger charge is 2.12. The molecule has 0 radical (unpaired) electrons. The van der Waals surface area contributed by atoms with Gasteiger partial charge >= 0.3 is 0 Å². The van der Waals surface area contributed by atoms with Crippen LogP contribution >= 0.6 is 11.3 Å². The fraction of sp³-hybridized carbons (Fsp3) is 0.583. The zero-order valence-corrected chi connectivity index (χ0v) is 19.7. The van der Waals surface area contributed by atoms with Crippen LogP contribution in [0, 0.1) is 0 Å². The van der Waals surface area contributed by atoms with Crippen molar-refractivity contribution in [2.45, 2.75) is 53.0 Å². The fourth-order valence-electron chi connectivity index (χ4n) is 3.54. The van der Waals surface area contributed by atoms with Crippen LogP contribution in [0.15, 0.2) is 30.3 Å². The summed E-state index contributed by atoms with van der Waals surface area (Å²) < 4.78 is 10.8. The molecule has 0 aliphatic carbocycles. The van der Waals surface area contributed by atoms with Crippen LogP contribution in [0.4, 0.5) is 5.69 Å². The number of thiophene rings is 1. The molecule has 0 bridgehead atoms. The summed E-state index contributed by atoms with van der Waals surface area (Å²) in [5.74, 6) is 1.55. The number of rotatable bonds is 14. The van der Waals surface area contributed by atoms with Gasteiger partial charge in [-0.2, -0.15) is 0 Å². The van der Waals surface area contributed by atoms with Gasteiger partial charge in [-0.25, -0.2) is 0 Å². The normalized spacial score (nSPS) is 11.1. The van der Waals surface area contributed by atoms with Crippen molar-refractivity contribution in [1.29, 1.82) is 0 Å². The van der Waals surface area contributed by atoms with Crippen molar-refractivity contribution in [1.82, 2.24) is 4.90 Å². The summed E-state index contributed by atoms with van der Waals surface area (Å²) in [6, 6.07) is 10.8. The molecule has 0 fully saturated rings. The molecule has 5 heteroatoms. The first-order valence-corrected chi connectivity index (χ1v) is 11.7. The minimum Gasteiger partial charge on any atom is -0.493 e. The summed E-state index contributed by atoms with van der Waals surface area (Å²) in [5.41, 5.74) is 1.16. The van der Waals surface area contributed by atoms with Crippen LogP contribution in [-0.2, 0) is 13.0 Å². The lowest BCUT2D eigenvalue weighted by Gasteiger charge is -2.23. The number of ether oxygens (including phenoxy) is 2. The van der Waals surface area contributed by atoms with E-state index < -0.39 is 0 Å². The lowest BCUT2D eigenvalue weighted by atomic mass is 10.2. The Morgan fingerprint density at radius 3 is 2.24 bits per heavy atom. The molecule has 2 aromatic rings. The molecule has 2 rings (SSSR count). The number of hydrogen-bond donors (Lipinski definition) is 0. The van der Waals surface area contributed by atoms with Crippen molar-refractivity contribution in [2.24, 2.45) is 0 Å². The number of nitrogens with zero attached hydrogens (tertiary/aromatic N) is 2. The monoisotopic (exact) mass is 418 g/mol. The maximum atomic E-state index is 5.47. The lowest BCUT2D eigenvalue weighted by molar-refractivity contribution is 0.274. The minimum atomic E-state index is 0.769. The van der Waals surface area contributed by atoms with Crippen molar-refractivity contribution in [2.75, 3.05) is 45.3 Å². The van der Waals surface area contributed by atoms with E-state index in [-0.39, 0.29) is 0 Å². The number of benzene rings is 1.